The van der Waals surface area contributed by atoms with E-state index >= 15 is 0 Å². The Morgan fingerprint density at radius 2 is 2.26 bits per heavy atom. The Kier molecular flexibility index (Phi) is 4.11. The highest BCUT2D eigenvalue weighted by molar-refractivity contribution is 5.97. The number of hydrogen-bond acceptors (Lipinski definition) is 2. The molecule has 2 aliphatic rings. The maximum absolute atomic E-state index is 13.0. The molecule has 1 aliphatic carbocycles. The van der Waals surface area contributed by atoms with E-state index in [1.807, 2.05) is 16.4 Å². The molecule has 23 heavy (non-hydrogen) atoms. The fourth-order valence-corrected chi connectivity index (χ4v) is 3.12. The van der Waals surface area contributed by atoms with Crippen molar-refractivity contribution in [3.63, 3.8) is 0 Å². The van der Waals surface area contributed by atoms with Crippen molar-refractivity contribution < 1.29 is 19.1 Å². The summed E-state index contributed by atoms with van der Waals surface area (Å²) >= 11 is 0. The van der Waals surface area contributed by atoms with Gasteiger partial charge in [0.2, 0.25) is 0 Å². The third-order valence-electron chi connectivity index (χ3n) is 4.55. The molecule has 2 N–H and O–H groups in total. The molecule has 1 saturated carbocycles. The van der Waals surface area contributed by atoms with Crippen molar-refractivity contribution in [3.05, 3.63) is 34.9 Å². The van der Waals surface area contributed by atoms with Gasteiger partial charge in [-0.05, 0) is 37.3 Å². The Balaban J connectivity index is 1.78. The number of carboxylic acid groups (broad SMARTS) is 1. The molecule has 0 bridgehead atoms. The lowest BCUT2D eigenvalue weighted by atomic mass is 10.0. The molecule has 1 aromatic rings. The van der Waals surface area contributed by atoms with Crippen LogP contribution >= 0.6 is 0 Å². The lowest BCUT2D eigenvalue weighted by molar-refractivity contribution is 0.0727. The fraction of sp³-hybridized carbons (Fsp3) is 0.500. The predicted molar refractivity (Wildman–Crippen MR) is 82.2 cm³/mol. The van der Waals surface area contributed by atoms with Crippen LogP contribution in [0.5, 0.6) is 0 Å². The van der Waals surface area contributed by atoms with E-state index in [1.54, 1.807) is 6.20 Å². The van der Waals surface area contributed by atoms with E-state index in [2.05, 4.69) is 5.32 Å². The second-order valence-corrected chi connectivity index (χ2v) is 6.14. The van der Waals surface area contributed by atoms with Crippen LogP contribution < -0.4 is 5.32 Å². The molecule has 124 valence electrons. The van der Waals surface area contributed by atoms with E-state index in [4.69, 9.17) is 5.11 Å². The number of halogens is 1. The molecule has 0 aromatic carbocycles. The number of nitrogens with one attached hydrogen (secondary N) is 1. The third-order valence-corrected chi connectivity index (χ3v) is 4.55. The van der Waals surface area contributed by atoms with Crippen LogP contribution in [0.3, 0.4) is 0 Å². The predicted octanol–water partition coefficient (Wildman–Crippen LogP) is 2.08. The van der Waals surface area contributed by atoms with Crippen LogP contribution in [0.15, 0.2) is 18.1 Å². The summed E-state index contributed by atoms with van der Waals surface area (Å²) in [7, 11) is 0. The second-order valence-electron chi connectivity index (χ2n) is 6.14. The summed E-state index contributed by atoms with van der Waals surface area (Å²) in [4.78, 5) is 25.0. The van der Waals surface area contributed by atoms with E-state index in [1.165, 1.54) is 0 Å². The fourth-order valence-electron chi connectivity index (χ4n) is 3.12. The summed E-state index contributed by atoms with van der Waals surface area (Å²) in [6, 6.07) is 0.389. The number of carbonyl (C=O) groups is 2. The molecule has 0 radical (unpaired) electrons. The topological polar surface area (TPSA) is 74.6 Å². The van der Waals surface area contributed by atoms with Gasteiger partial charge in [-0.1, -0.05) is 0 Å². The van der Waals surface area contributed by atoms with Gasteiger partial charge in [0, 0.05) is 37.6 Å². The van der Waals surface area contributed by atoms with Gasteiger partial charge in [0.1, 0.15) is 0 Å². The Morgan fingerprint density at radius 1 is 1.52 bits per heavy atom. The highest BCUT2D eigenvalue weighted by atomic mass is 19.1. The number of rotatable bonds is 5. The van der Waals surface area contributed by atoms with Crippen LogP contribution in [0.1, 0.15) is 34.5 Å². The van der Waals surface area contributed by atoms with Crippen molar-refractivity contribution in [3.8, 4) is 0 Å². The van der Waals surface area contributed by atoms with Gasteiger partial charge in [-0.15, -0.1) is 0 Å². The lowest BCUT2D eigenvalue weighted by Crippen LogP contribution is -2.38. The molecule has 1 aliphatic heterocycles. The smallest absolute Gasteiger partial charge is 0.404 e. The first-order valence-electron chi connectivity index (χ1n) is 7.75. The molecule has 3 rings (SSSR count). The normalized spacial score (nSPS) is 18.1. The number of hydrogen-bond donors (Lipinski definition) is 2. The van der Waals surface area contributed by atoms with Gasteiger partial charge in [-0.25, -0.2) is 9.18 Å². The van der Waals surface area contributed by atoms with Gasteiger partial charge in [0.15, 0.2) is 0 Å². The second kappa shape index (κ2) is 6.06. The van der Waals surface area contributed by atoms with Crippen LogP contribution in [0.4, 0.5) is 9.18 Å². The summed E-state index contributed by atoms with van der Waals surface area (Å²) < 4.78 is 14.8. The molecule has 0 spiro atoms. The van der Waals surface area contributed by atoms with Gasteiger partial charge in [0.25, 0.3) is 5.91 Å². The van der Waals surface area contributed by atoms with Crippen molar-refractivity contribution in [2.24, 2.45) is 0 Å². The quantitative estimate of drug-likeness (QED) is 0.872. The molecule has 2 amide bonds. The SMILES string of the molecule is Cc1c2c(cn1CC(=CF)CNC(=O)O)C(=O)N(C1CC1)CC2. The summed E-state index contributed by atoms with van der Waals surface area (Å²) in [6.45, 7) is 2.82. The van der Waals surface area contributed by atoms with E-state index < -0.39 is 6.09 Å². The summed E-state index contributed by atoms with van der Waals surface area (Å²) in [5, 5.41) is 10.8. The van der Waals surface area contributed by atoms with Crippen molar-refractivity contribution in [2.75, 3.05) is 13.1 Å². The van der Waals surface area contributed by atoms with Gasteiger partial charge in [0.05, 0.1) is 11.9 Å². The Bertz CT molecular complexity index is 676. The molecule has 0 saturated heterocycles. The molecule has 0 atom stereocenters. The minimum atomic E-state index is -1.19. The molecule has 1 fully saturated rings. The summed E-state index contributed by atoms with van der Waals surface area (Å²) in [5.41, 5.74) is 2.98. The minimum absolute atomic E-state index is 0.0602. The van der Waals surface area contributed by atoms with Crippen molar-refractivity contribution in [2.45, 2.75) is 38.8 Å². The first-order valence-corrected chi connectivity index (χ1v) is 7.75. The van der Waals surface area contributed by atoms with E-state index in [9.17, 15) is 14.0 Å². The standard InChI is InChI=1S/C16H20FN3O3/c1-10-13-4-5-20(12-2-3-12)15(21)14(13)9-19(10)8-11(6-17)7-18-16(22)23/h6,9,12,18H,2-5,7-8H2,1H3,(H,22,23). The molecule has 2 heterocycles. The number of nitrogens with zero attached hydrogens (tertiary/aromatic N) is 2. The summed E-state index contributed by atoms with van der Waals surface area (Å²) in [6.07, 6.45) is 3.98. The minimum Gasteiger partial charge on any atom is -0.465 e. The van der Waals surface area contributed by atoms with E-state index in [0.29, 0.717) is 23.5 Å². The lowest BCUT2D eigenvalue weighted by Gasteiger charge is -2.27. The molecular weight excluding hydrogens is 301 g/mol. The average molecular weight is 321 g/mol. The van der Waals surface area contributed by atoms with Crippen molar-refractivity contribution in [1.29, 1.82) is 0 Å². The number of fused-ring (bicyclic) bond motifs is 1. The van der Waals surface area contributed by atoms with Crippen molar-refractivity contribution in [1.82, 2.24) is 14.8 Å². The molecular formula is C16H20FN3O3. The molecule has 7 heteroatoms. The van der Waals surface area contributed by atoms with Gasteiger partial charge in [-0.2, -0.15) is 0 Å². The number of amides is 2. The number of aromatic nitrogens is 1. The third kappa shape index (κ3) is 3.09. The molecule has 6 nitrogen and oxygen atoms in total. The zero-order valence-electron chi connectivity index (χ0n) is 13.0. The Hall–Kier alpha value is -2.31. The van der Waals surface area contributed by atoms with Crippen LogP contribution in [-0.2, 0) is 13.0 Å². The Labute approximate surface area is 133 Å². The van der Waals surface area contributed by atoms with Crippen LogP contribution in [-0.4, -0.2) is 45.7 Å². The first kappa shape index (κ1) is 15.6. The first-order chi connectivity index (χ1) is 11.0. The largest absolute Gasteiger partial charge is 0.465 e. The zero-order valence-corrected chi connectivity index (χ0v) is 13.0. The van der Waals surface area contributed by atoms with Crippen LogP contribution in [0, 0.1) is 6.92 Å². The van der Waals surface area contributed by atoms with Crippen molar-refractivity contribution >= 4 is 12.0 Å². The molecule has 0 unspecified atom stereocenters. The zero-order chi connectivity index (χ0) is 16.6. The monoisotopic (exact) mass is 321 g/mol. The van der Waals surface area contributed by atoms with Gasteiger partial charge < -0.3 is 19.9 Å². The van der Waals surface area contributed by atoms with E-state index in [0.717, 1.165) is 37.1 Å². The van der Waals surface area contributed by atoms with Crippen LogP contribution in [0.25, 0.3) is 0 Å². The highest BCUT2D eigenvalue weighted by Crippen LogP contribution is 2.33. The van der Waals surface area contributed by atoms with Crippen LogP contribution in [0.2, 0.25) is 0 Å². The van der Waals surface area contributed by atoms with Gasteiger partial charge in [-0.3, -0.25) is 4.79 Å². The average Bonchev–Trinajstić information content (AvgIpc) is 3.30. The van der Waals surface area contributed by atoms with Gasteiger partial charge >= 0.3 is 6.09 Å². The maximum atomic E-state index is 13.0. The summed E-state index contributed by atoms with van der Waals surface area (Å²) in [5.74, 6) is 0.0602. The maximum Gasteiger partial charge on any atom is 0.404 e. The number of carbonyl (C=O) groups excluding carboxylic acids is 1. The Morgan fingerprint density at radius 3 is 2.87 bits per heavy atom. The molecule has 1 aromatic heterocycles. The van der Waals surface area contributed by atoms with E-state index in [-0.39, 0.29) is 19.0 Å². The highest BCUT2D eigenvalue weighted by Gasteiger charge is 2.37.